The van der Waals surface area contributed by atoms with Gasteiger partial charge in [-0.2, -0.15) is 10.4 Å². The van der Waals surface area contributed by atoms with Gasteiger partial charge in [0.1, 0.15) is 5.82 Å². The number of aryl methyl sites for hydroxylation is 1. The van der Waals surface area contributed by atoms with Crippen molar-refractivity contribution in [1.82, 2.24) is 9.78 Å². The van der Waals surface area contributed by atoms with Crippen molar-refractivity contribution in [2.75, 3.05) is 0 Å². The number of nitriles is 1. The van der Waals surface area contributed by atoms with Crippen LogP contribution in [0.2, 0.25) is 5.02 Å². The topological polar surface area (TPSA) is 41.6 Å². The predicted molar refractivity (Wildman–Crippen MR) is 62.6 cm³/mol. The molecule has 0 amide bonds. The third kappa shape index (κ3) is 2.29. The molecule has 1 aromatic carbocycles. The van der Waals surface area contributed by atoms with Crippen LogP contribution in [-0.4, -0.2) is 9.78 Å². The van der Waals surface area contributed by atoms with E-state index in [0.29, 0.717) is 11.4 Å². The van der Waals surface area contributed by atoms with Gasteiger partial charge in [0.15, 0.2) is 0 Å². The summed E-state index contributed by atoms with van der Waals surface area (Å²) in [6, 6.07) is 8.25. The Morgan fingerprint density at radius 3 is 2.88 bits per heavy atom. The molecule has 2 rings (SSSR count). The number of hydrogen-bond acceptors (Lipinski definition) is 2. The molecule has 0 saturated heterocycles. The van der Waals surface area contributed by atoms with Crippen LogP contribution in [0.1, 0.15) is 11.4 Å². The zero-order chi connectivity index (χ0) is 12.4. The minimum absolute atomic E-state index is 0.0548. The lowest BCUT2D eigenvalue weighted by Gasteiger charge is -2.04. The van der Waals surface area contributed by atoms with Crippen LogP contribution in [0.4, 0.5) is 4.39 Å². The maximum atomic E-state index is 13.0. The second-order valence-electron chi connectivity index (χ2n) is 3.62. The summed E-state index contributed by atoms with van der Waals surface area (Å²) in [5.41, 5.74) is 2.24. The van der Waals surface area contributed by atoms with Crippen molar-refractivity contribution in [2.24, 2.45) is 0 Å². The van der Waals surface area contributed by atoms with Gasteiger partial charge >= 0.3 is 0 Å². The van der Waals surface area contributed by atoms with E-state index in [4.69, 9.17) is 16.9 Å². The van der Waals surface area contributed by atoms with E-state index in [2.05, 4.69) is 5.10 Å². The maximum absolute atomic E-state index is 13.0. The average Bonchev–Trinajstić information content (AvgIpc) is 2.64. The Kier molecular flexibility index (Phi) is 3.12. The highest BCUT2D eigenvalue weighted by Gasteiger charge is 2.08. The van der Waals surface area contributed by atoms with Crippen molar-refractivity contribution in [2.45, 2.75) is 13.3 Å². The summed E-state index contributed by atoms with van der Waals surface area (Å²) in [5.74, 6) is -0.461. The molecule has 0 bridgehead atoms. The molecule has 0 saturated carbocycles. The number of halogens is 2. The molecule has 0 aliphatic carbocycles. The van der Waals surface area contributed by atoms with Crippen LogP contribution >= 0.6 is 11.6 Å². The van der Waals surface area contributed by atoms with Crippen LogP contribution in [0.25, 0.3) is 5.69 Å². The fourth-order valence-corrected chi connectivity index (χ4v) is 1.76. The van der Waals surface area contributed by atoms with Crippen LogP contribution in [-0.2, 0) is 6.42 Å². The molecular formula is C12H9ClFN3. The van der Waals surface area contributed by atoms with Gasteiger partial charge in [-0.15, -0.1) is 0 Å². The van der Waals surface area contributed by atoms with Crippen molar-refractivity contribution in [3.05, 3.63) is 46.5 Å². The lowest BCUT2D eigenvalue weighted by atomic mass is 10.3. The summed E-state index contributed by atoms with van der Waals surface area (Å²) in [4.78, 5) is 0. The molecule has 5 heteroatoms. The first-order valence-electron chi connectivity index (χ1n) is 4.99. The number of rotatable bonds is 2. The van der Waals surface area contributed by atoms with Crippen molar-refractivity contribution >= 4 is 11.6 Å². The van der Waals surface area contributed by atoms with E-state index in [1.807, 2.05) is 19.1 Å². The molecule has 0 spiro atoms. The van der Waals surface area contributed by atoms with E-state index in [1.54, 1.807) is 10.7 Å². The fraction of sp³-hybridized carbons (Fsp3) is 0.167. The van der Waals surface area contributed by atoms with Crippen LogP contribution in [0.5, 0.6) is 0 Å². The zero-order valence-electron chi connectivity index (χ0n) is 9.11. The highest BCUT2D eigenvalue weighted by molar-refractivity contribution is 6.30. The molecule has 3 nitrogen and oxygen atoms in total. The van der Waals surface area contributed by atoms with Gasteiger partial charge in [-0.1, -0.05) is 11.6 Å². The summed E-state index contributed by atoms with van der Waals surface area (Å²) >= 11 is 5.72. The van der Waals surface area contributed by atoms with Crippen molar-refractivity contribution in [1.29, 1.82) is 5.26 Å². The highest BCUT2D eigenvalue weighted by Crippen LogP contribution is 2.20. The summed E-state index contributed by atoms with van der Waals surface area (Å²) in [6.45, 7) is 1.87. The third-order valence-electron chi connectivity index (χ3n) is 2.35. The minimum Gasteiger partial charge on any atom is -0.238 e. The molecule has 2 aromatic rings. The molecule has 0 fully saturated rings. The van der Waals surface area contributed by atoms with E-state index in [-0.39, 0.29) is 11.4 Å². The van der Waals surface area contributed by atoms with Gasteiger partial charge in [-0.3, -0.25) is 0 Å². The van der Waals surface area contributed by atoms with Crippen molar-refractivity contribution in [3.63, 3.8) is 0 Å². The molecule has 17 heavy (non-hydrogen) atoms. The number of benzene rings is 1. The summed E-state index contributed by atoms with van der Waals surface area (Å²) in [5, 5.41) is 12.9. The van der Waals surface area contributed by atoms with Crippen molar-refractivity contribution in [3.8, 4) is 11.8 Å². The molecule has 0 N–H and O–H groups in total. The molecule has 0 atom stereocenters. The Morgan fingerprint density at radius 1 is 1.47 bits per heavy atom. The summed E-state index contributed by atoms with van der Waals surface area (Å²) in [6.07, 6.45) is 0.253. The quantitative estimate of drug-likeness (QED) is 0.821. The van der Waals surface area contributed by atoms with Gasteiger partial charge in [0.2, 0.25) is 0 Å². The second-order valence-corrected chi connectivity index (χ2v) is 4.03. The first kappa shape index (κ1) is 11.6. The second kappa shape index (κ2) is 4.56. The fourth-order valence-electron chi connectivity index (χ4n) is 1.58. The smallest absolute Gasteiger partial charge is 0.141 e. The SMILES string of the molecule is Cc1cc(CC#N)nn1-c1ccc(F)c(Cl)c1. The number of aromatic nitrogens is 2. The van der Waals surface area contributed by atoms with Gasteiger partial charge in [0.05, 0.1) is 28.9 Å². The number of hydrogen-bond donors (Lipinski definition) is 0. The Morgan fingerprint density at radius 2 is 2.24 bits per heavy atom. The predicted octanol–water partition coefficient (Wildman–Crippen LogP) is 3.04. The van der Waals surface area contributed by atoms with E-state index < -0.39 is 5.82 Å². The normalized spacial score (nSPS) is 10.2. The molecule has 1 aromatic heterocycles. The van der Waals surface area contributed by atoms with Gasteiger partial charge in [-0.05, 0) is 31.2 Å². The number of nitrogens with zero attached hydrogens (tertiary/aromatic N) is 3. The molecule has 0 aliphatic heterocycles. The molecule has 0 unspecified atom stereocenters. The Hall–Kier alpha value is -1.86. The standard InChI is InChI=1S/C12H9ClFN3/c1-8-6-9(4-5-15)16-17(8)10-2-3-12(14)11(13)7-10/h2-3,6-7H,4H2,1H3. The monoisotopic (exact) mass is 249 g/mol. The maximum Gasteiger partial charge on any atom is 0.141 e. The van der Waals surface area contributed by atoms with Gasteiger partial charge in [0.25, 0.3) is 0 Å². The van der Waals surface area contributed by atoms with E-state index >= 15 is 0 Å². The first-order valence-corrected chi connectivity index (χ1v) is 5.37. The van der Waals surface area contributed by atoms with Crippen LogP contribution < -0.4 is 0 Å². The lowest BCUT2D eigenvalue weighted by molar-refractivity contribution is 0.627. The third-order valence-corrected chi connectivity index (χ3v) is 2.64. The summed E-state index contributed by atoms with van der Waals surface area (Å²) < 4.78 is 14.7. The molecule has 86 valence electrons. The molecule has 0 radical (unpaired) electrons. The largest absolute Gasteiger partial charge is 0.238 e. The average molecular weight is 250 g/mol. The first-order chi connectivity index (χ1) is 8.11. The molecule has 1 heterocycles. The minimum atomic E-state index is -0.461. The van der Waals surface area contributed by atoms with Gasteiger partial charge in [-0.25, -0.2) is 9.07 Å². The van der Waals surface area contributed by atoms with Crippen LogP contribution in [0, 0.1) is 24.1 Å². The Bertz CT molecular complexity index is 598. The van der Waals surface area contributed by atoms with Gasteiger partial charge in [0, 0.05) is 5.69 Å². The van der Waals surface area contributed by atoms with Gasteiger partial charge < -0.3 is 0 Å². The van der Waals surface area contributed by atoms with Crippen LogP contribution in [0.3, 0.4) is 0 Å². The van der Waals surface area contributed by atoms with E-state index in [0.717, 1.165) is 5.69 Å². The van der Waals surface area contributed by atoms with Crippen molar-refractivity contribution < 1.29 is 4.39 Å². The Labute approximate surface area is 103 Å². The summed E-state index contributed by atoms with van der Waals surface area (Å²) in [7, 11) is 0. The highest BCUT2D eigenvalue weighted by atomic mass is 35.5. The molecular weight excluding hydrogens is 241 g/mol. The van der Waals surface area contributed by atoms with E-state index in [9.17, 15) is 4.39 Å². The lowest BCUT2D eigenvalue weighted by Crippen LogP contribution is -1.99. The Balaban J connectivity index is 2.46. The van der Waals surface area contributed by atoms with E-state index in [1.165, 1.54) is 12.1 Å². The zero-order valence-corrected chi connectivity index (χ0v) is 9.87. The molecule has 0 aliphatic rings. The van der Waals surface area contributed by atoms with Crippen LogP contribution in [0.15, 0.2) is 24.3 Å².